The first kappa shape index (κ1) is 16.7. The molecule has 1 aliphatic carbocycles. The maximum Gasteiger partial charge on any atom is 0.220 e. The van der Waals surface area contributed by atoms with E-state index >= 15 is 0 Å². The third-order valence-corrected chi connectivity index (χ3v) is 4.81. The monoisotopic (exact) mass is 326 g/mol. The average molecular weight is 326 g/mol. The lowest BCUT2D eigenvalue weighted by molar-refractivity contribution is -0.121. The molecule has 0 bridgehead atoms. The van der Waals surface area contributed by atoms with Gasteiger partial charge < -0.3 is 9.84 Å². The standard InChI is InChI=1S/C20H26N2O2/c1-15-8-10-16(11-9-15)20-17(14-24-22-20)12-13-19(23)21-18-6-4-2-3-5-7-18/h8-11,14,18H,2-7,12-13H2,1H3,(H,21,23). The molecule has 0 unspecified atom stereocenters. The minimum Gasteiger partial charge on any atom is -0.364 e. The summed E-state index contributed by atoms with van der Waals surface area (Å²) in [5.74, 6) is 0.137. The SMILES string of the molecule is Cc1ccc(-c2nocc2CCC(=O)NC2CCCCCC2)cc1. The highest BCUT2D eigenvalue weighted by Crippen LogP contribution is 2.24. The van der Waals surface area contributed by atoms with Crippen molar-refractivity contribution in [3.63, 3.8) is 0 Å². The van der Waals surface area contributed by atoms with Gasteiger partial charge >= 0.3 is 0 Å². The maximum absolute atomic E-state index is 12.2. The molecule has 24 heavy (non-hydrogen) atoms. The predicted molar refractivity (Wildman–Crippen MR) is 94.6 cm³/mol. The van der Waals surface area contributed by atoms with E-state index in [-0.39, 0.29) is 5.91 Å². The Kier molecular flexibility index (Phi) is 5.68. The van der Waals surface area contributed by atoms with Crippen LogP contribution in [0.1, 0.15) is 56.1 Å². The van der Waals surface area contributed by atoms with E-state index in [1.165, 1.54) is 31.2 Å². The van der Waals surface area contributed by atoms with Crippen molar-refractivity contribution >= 4 is 5.91 Å². The van der Waals surface area contributed by atoms with Gasteiger partial charge in [-0.1, -0.05) is 60.7 Å². The number of carbonyl (C=O) groups is 1. The number of aryl methyl sites for hydroxylation is 2. The van der Waals surface area contributed by atoms with Crippen LogP contribution in [0.15, 0.2) is 35.1 Å². The maximum atomic E-state index is 12.2. The van der Waals surface area contributed by atoms with Gasteiger partial charge in [0, 0.05) is 23.6 Å². The van der Waals surface area contributed by atoms with Gasteiger partial charge in [0.1, 0.15) is 12.0 Å². The molecule has 1 N–H and O–H groups in total. The van der Waals surface area contributed by atoms with Crippen molar-refractivity contribution in [2.45, 2.75) is 64.3 Å². The third-order valence-electron chi connectivity index (χ3n) is 4.81. The van der Waals surface area contributed by atoms with Crippen LogP contribution in [0.3, 0.4) is 0 Å². The highest BCUT2D eigenvalue weighted by Gasteiger charge is 2.16. The first-order valence-corrected chi connectivity index (χ1v) is 9.02. The van der Waals surface area contributed by atoms with E-state index in [0.29, 0.717) is 18.9 Å². The quantitative estimate of drug-likeness (QED) is 0.827. The molecule has 1 fully saturated rings. The Bertz CT molecular complexity index is 653. The van der Waals surface area contributed by atoms with Gasteiger partial charge in [-0.05, 0) is 26.2 Å². The summed E-state index contributed by atoms with van der Waals surface area (Å²) in [4.78, 5) is 12.2. The van der Waals surface area contributed by atoms with Crippen molar-refractivity contribution in [1.29, 1.82) is 0 Å². The number of rotatable bonds is 5. The van der Waals surface area contributed by atoms with Gasteiger partial charge in [-0.15, -0.1) is 0 Å². The van der Waals surface area contributed by atoms with E-state index < -0.39 is 0 Å². The highest BCUT2D eigenvalue weighted by atomic mass is 16.5. The Hall–Kier alpha value is -2.10. The van der Waals surface area contributed by atoms with E-state index in [1.54, 1.807) is 6.26 Å². The Morgan fingerprint density at radius 2 is 1.88 bits per heavy atom. The summed E-state index contributed by atoms with van der Waals surface area (Å²) in [6.07, 6.45) is 10.1. The normalized spacial score (nSPS) is 15.9. The van der Waals surface area contributed by atoms with E-state index in [1.807, 2.05) is 12.1 Å². The van der Waals surface area contributed by atoms with Gasteiger partial charge in [-0.3, -0.25) is 4.79 Å². The Morgan fingerprint density at radius 1 is 1.17 bits per heavy atom. The lowest BCUT2D eigenvalue weighted by Gasteiger charge is -2.16. The number of benzene rings is 1. The van der Waals surface area contributed by atoms with E-state index in [2.05, 4.69) is 29.5 Å². The topological polar surface area (TPSA) is 55.1 Å². The molecule has 0 atom stereocenters. The van der Waals surface area contributed by atoms with Gasteiger partial charge in [0.25, 0.3) is 0 Å². The van der Waals surface area contributed by atoms with Crippen molar-refractivity contribution in [2.75, 3.05) is 0 Å². The van der Waals surface area contributed by atoms with Crippen LogP contribution in [0.5, 0.6) is 0 Å². The van der Waals surface area contributed by atoms with Crippen LogP contribution >= 0.6 is 0 Å². The molecule has 0 radical (unpaired) electrons. The van der Waals surface area contributed by atoms with Gasteiger partial charge in [0.05, 0.1) is 0 Å². The summed E-state index contributed by atoms with van der Waals surface area (Å²) in [6.45, 7) is 2.06. The van der Waals surface area contributed by atoms with E-state index in [9.17, 15) is 4.79 Å². The smallest absolute Gasteiger partial charge is 0.220 e. The number of aromatic nitrogens is 1. The lowest BCUT2D eigenvalue weighted by atomic mass is 10.0. The number of carbonyl (C=O) groups excluding carboxylic acids is 1. The fourth-order valence-corrected chi connectivity index (χ4v) is 3.36. The summed E-state index contributed by atoms with van der Waals surface area (Å²) in [6, 6.07) is 8.57. The summed E-state index contributed by atoms with van der Waals surface area (Å²) in [5.41, 5.74) is 4.09. The fourth-order valence-electron chi connectivity index (χ4n) is 3.36. The predicted octanol–water partition coefficient (Wildman–Crippen LogP) is 4.42. The van der Waals surface area contributed by atoms with Crippen LogP contribution in [-0.4, -0.2) is 17.1 Å². The Balaban J connectivity index is 1.56. The molecule has 1 saturated carbocycles. The minimum atomic E-state index is 0.137. The van der Waals surface area contributed by atoms with Crippen molar-refractivity contribution in [2.24, 2.45) is 0 Å². The first-order valence-electron chi connectivity index (χ1n) is 9.02. The molecule has 0 aliphatic heterocycles. The van der Waals surface area contributed by atoms with Crippen molar-refractivity contribution in [1.82, 2.24) is 10.5 Å². The molecule has 2 aromatic rings. The zero-order valence-corrected chi connectivity index (χ0v) is 14.4. The number of hydrogen-bond acceptors (Lipinski definition) is 3. The lowest BCUT2D eigenvalue weighted by Crippen LogP contribution is -2.34. The molecular formula is C20H26N2O2. The van der Waals surface area contributed by atoms with Gasteiger partial charge in [0.2, 0.25) is 5.91 Å². The van der Waals surface area contributed by atoms with Crippen molar-refractivity contribution in [3.8, 4) is 11.3 Å². The van der Waals surface area contributed by atoms with E-state index in [0.717, 1.165) is 29.7 Å². The molecule has 4 heteroatoms. The zero-order valence-electron chi connectivity index (χ0n) is 14.4. The number of amides is 1. The Morgan fingerprint density at radius 3 is 2.58 bits per heavy atom. The second kappa shape index (κ2) is 8.13. The molecule has 3 rings (SSSR count). The fraction of sp³-hybridized carbons (Fsp3) is 0.500. The average Bonchev–Trinajstić information content (AvgIpc) is 2.90. The van der Waals surface area contributed by atoms with Crippen LogP contribution in [0.2, 0.25) is 0 Å². The molecule has 0 spiro atoms. The molecule has 0 saturated heterocycles. The second-order valence-corrected chi connectivity index (χ2v) is 6.81. The van der Waals surface area contributed by atoms with Crippen LogP contribution in [-0.2, 0) is 11.2 Å². The Labute approximate surface area is 143 Å². The van der Waals surface area contributed by atoms with Crippen molar-refractivity contribution < 1.29 is 9.32 Å². The van der Waals surface area contributed by atoms with Crippen LogP contribution in [0.4, 0.5) is 0 Å². The summed E-state index contributed by atoms with van der Waals surface area (Å²) < 4.78 is 5.15. The van der Waals surface area contributed by atoms with Crippen molar-refractivity contribution in [3.05, 3.63) is 41.7 Å². The zero-order chi connectivity index (χ0) is 16.8. The molecule has 1 aliphatic rings. The van der Waals surface area contributed by atoms with Crippen LogP contribution in [0, 0.1) is 6.92 Å². The molecule has 1 aromatic heterocycles. The summed E-state index contributed by atoms with van der Waals surface area (Å²) >= 11 is 0. The summed E-state index contributed by atoms with van der Waals surface area (Å²) in [7, 11) is 0. The minimum absolute atomic E-state index is 0.137. The first-order chi connectivity index (χ1) is 11.7. The molecule has 1 heterocycles. The molecule has 4 nitrogen and oxygen atoms in total. The third kappa shape index (κ3) is 4.47. The van der Waals surface area contributed by atoms with Crippen LogP contribution in [0.25, 0.3) is 11.3 Å². The van der Waals surface area contributed by atoms with Gasteiger partial charge in [0.15, 0.2) is 0 Å². The van der Waals surface area contributed by atoms with Crippen LogP contribution < -0.4 is 5.32 Å². The molecule has 128 valence electrons. The largest absolute Gasteiger partial charge is 0.364 e. The van der Waals surface area contributed by atoms with Gasteiger partial charge in [-0.25, -0.2) is 0 Å². The highest BCUT2D eigenvalue weighted by molar-refractivity contribution is 5.77. The molecular weight excluding hydrogens is 300 g/mol. The number of hydrogen-bond donors (Lipinski definition) is 1. The molecule has 1 aromatic carbocycles. The second-order valence-electron chi connectivity index (χ2n) is 6.81. The molecule has 1 amide bonds. The van der Waals surface area contributed by atoms with E-state index in [4.69, 9.17) is 4.52 Å². The number of nitrogens with one attached hydrogen (secondary N) is 1. The van der Waals surface area contributed by atoms with Gasteiger partial charge in [-0.2, -0.15) is 0 Å². The number of nitrogens with zero attached hydrogens (tertiary/aromatic N) is 1. The summed E-state index contributed by atoms with van der Waals surface area (Å²) in [5, 5.41) is 7.31.